The largest absolute Gasteiger partial charge is 0.397 e. The number of aryl methyl sites for hydroxylation is 1. The van der Waals surface area contributed by atoms with Gasteiger partial charge in [0.15, 0.2) is 5.78 Å². The van der Waals surface area contributed by atoms with Gasteiger partial charge in [-0.1, -0.05) is 27.2 Å². The van der Waals surface area contributed by atoms with Gasteiger partial charge in [0.1, 0.15) is 0 Å². The Morgan fingerprint density at radius 3 is 2.86 bits per heavy atom. The van der Waals surface area contributed by atoms with Gasteiger partial charge in [0.25, 0.3) is 0 Å². The predicted molar refractivity (Wildman–Crippen MR) is 97.7 cm³/mol. The molecule has 1 aliphatic rings. The molecule has 3 nitrogen and oxygen atoms in total. The van der Waals surface area contributed by atoms with E-state index in [2.05, 4.69) is 31.1 Å². The second kappa shape index (κ2) is 7.91. The van der Waals surface area contributed by atoms with Crippen LogP contribution >= 0.6 is 11.9 Å². The van der Waals surface area contributed by atoms with E-state index < -0.39 is 0 Å². The van der Waals surface area contributed by atoms with E-state index in [1.54, 1.807) is 0 Å². The first-order valence-electron chi connectivity index (χ1n) is 8.39. The summed E-state index contributed by atoms with van der Waals surface area (Å²) in [6, 6.07) is 3.96. The number of carbonyl (C=O) groups is 1. The van der Waals surface area contributed by atoms with Crippen molar-refractivity contribution in [3.05, 3.63) is 23.3 Å². The number of Topliss-reactive ketones (excluding diaryl/α,β-unsaturated/α-hetero) is 1. The molecule has 0 amide bonds. The van der Waals surface area contributed by atoms with E-state index in [0.717, 1.165) is 54.9 Å². The van der Waals surface area contributed by atoms with Crippen LogP contribution in [0.4, 0.5) is 11.4 Å². The number of unbranched alkanes of at least 4 members (excludes halogenated alkanes) is 1. The lowest BCUT2D eigenvalue weighted by atomic mass is 9.96. The van der Waals surface area contributed by atoms with Crippen molar-refractivity contribution in [3.8, 4) is 0 Å². The SMILES string of the molecule is CCCCC(=O)c1cc(N)c2c(c1)CCCN2SCC(C)C. The predicted octanol–water partition coefficient (Wildman–Crippen LogP) is 4.70. The summed E-state index contributed by atoms with van der Waals surface area (Å²) in [5, 5.41) is 0. The fourth-order valence-corrected chi connectivity index (χ4v) is 3.84. The molecule has 1 heterocycles. The molecule has 1 aromatic carbocycles. The standard InChI is InChI=1S/C18H28N2OS/c1-4-5-8-17(21)15-10-14-7-6-9-20(22-12-13(2)3)18(14)16(19)11-15/h10-11,13H,4-9,12,19H2,1-3H3. The molecule has 1 aliphatic heterocycles. The molecule has 0 aromatic heterocycles. The molecular formula is C18H28N2OS. The molecule has 122 valence electrons. The van der Waals surface area contributed by atoms with Gasteiger partial charge in [0.05, 0.1) is 11.4 Å². The van der Waals surface area contributed by atoms with E-state index in [4.69, 9.17) is 5.73 Å². The number of nitrogen functional groups attached to an aromatic ring is 1. The second-order valence-electron chi connectivity index (χ2n) is 6.50. The normalized spacial score (nSPS) is 14.3. The van der Waals surface area contributed by atoms with Gasteiger partial charge >= 0.3 is 0 Å². The molecule has 0 spiro atoms. The minimum Gasteiger partial charge on any atom is -0.397 e. The summed E-state index contributed by atoms with van der Waals surface area (Å²) in [6.45, 7) is 7.61. The van der Waals surface area contributed by atoms with Crippen molar-refractivity contribution in [1.82, 2.24) is 0 Å². The zero-order valence-corrected chi connectivity index (χ0v) is 14.8. The van der Waals surface area contributed by atoms with Gasteiger partial charge in [-0.25, -0.2) is 0 Å². The lowest BCUT2D eigenvalue weighted by Gasteiger charge is -2.32. The van der Waals surface area contributed by atoms with Crippen LogP contribution in [0.25, 0.3) is 0 Å². The van der Waals surface area contributed by atoms with Gasteiger partial charge in [-0.15, -0.1) is 0 Å². The molecule has 0 saturated heterocycles. The third-order valence-electron chi connectivity index (χ3n) is 3.92. The van der Waals surface area contributed by atoms with Gasteiger partial charge in [-0.3, -0.25) is 4.79 Å². The van der Waals surface area contributed by atoms with E-state index in [0.29, 0.717) is 12.3 Å². The molecule has 2 N–H and O–H groups in total. The number of nitrogens with two attached hydrogens (primary N) is 1. The number of ketones is 1. The third-order valence-corrected chi connectivity index (χ3v) is 5.41. The summed E-state index contributed by atoms with van der Waals surface area (Å²) in [6.07, 6.45) is 4.77. The van der Waals surface area contributed by atoms with E-state index in [9.17, 15) is 4.79 Å². The van der Waals surface area contributed by atoms with Crippen molar-refractivity contribution >= 4 is 29.1 Å². The lowest BCUT2D eigenvalue weighted by Crippen LogP contribution is -2.25. The number of rotatable bonds is 7. The molecule has 22 heavy (non-hydrogen) atoms. The highest BCUT2D eigenvalue weighted by atomic mass is 32.2. The maximum atomic E-state index is 12.3. The van der Waals surface area contributed by atoms with Crippen molar-refractivity contribution in [3.63, 3.8) is 0 Å². The number of hydrogen-bond donors (Lipinski definition) is 1. The van der Waals surface area contributed by atoms with Gasteiger partial charge in [0.2, 0.25) is 0 Å². The Kier molecular flexibility index (Phi) is 6.18. The number of hydrogen-bond acceptors (Lipinski definition) is 4. The summed E-state index contributed by atoms with van der Waals surface area (Å²) >= 11 is 1.86. The lowest BCUT2D eigenvalue weighted by molar-refractivity contribution is 0.0979. The van der Waals surface area contributed by atoms with Crippen LogP contribution in [0.5, 0.6) is 0 Å². The fourth-order valence-electron chi connectivity index (χ4n) is 2.75. The van der Waals surface area contributed by atoms with Crippen molar-refractivity contribution in [2.75, 3.05) is 22.3 Å². The summed E-state index contributed by atoms with van der Waals surface area (Å²) < 4.78 is 2.33. The smallest absolute Gasteiger partial charge is 0.162 e. The average Bonchev–Trinajstić information content (AvgIpc) is 2.50. The Labute approximate surface area is 138 Å². The van der Waals surface area contributed by atoms with E-state index in [-0.39, 0.29) is 5.78 Å². The monoisotopic (exact) mass is 320 g/mol. The molecule has 0 unspecified atom stereocenters. The van der Waals surface area contributed by atoms with Crippen LogP contribution in [0.1, 0.15) is 62.4 Å². The van der Waals surface area contributed by atoms with Crippen LogP contribution in [0.3, 0.4) is 0 Å². The van der Waals surface area contributed by atoms with Crippen molar-refractivity contribution in [1.29, 1.82) is 0 Å². The molecule has 2 rings (SSSR count). The average molecular weight is 321 g/mol. The summed E-state index contributed by atoms with van der Waals surface area (Å²) in [5.74, 6) is 1.98. The Balaban J connectivity index is 2.21. The van der Waals surface area contributed by atoms with Crippen LogP contribution in [0.2, 0.25) is 0 Å². The Hall–Kier alpha value is -1.16. The Morgan fingerprint density at radius 1 is 1.41 bits per heavy atom. The van der Waals surface area contributed by atoms with E-state index in [1.165, 1.54) is 5.56 Å². The molecule has 0 fully saturated rings. The highest BCUT2D eigenvalue weighted by Gasteiger charge is 2.22. The summed E-state index contributed by atoms with van der Waals surface area (Å²) in [7, 11) is 0. The summed E-state index contributed by atoms with van der Waals surface area (Å²) in [5.41, 5.74) is 10.2. The van der Waals surface area contributed by atoms with Crippen LogP contribution < -0.4 is 10.0 Å². The molecule has 0 aliphatic carbocycles. The third kappa shape index (κ3) is 4.19. The molecule has 1 aromatic rings. The van der Waals surface area contributed by atoms with E-state index >= 15 is 0 Å². The number of anilines is 2. The molecule has 0 saturated carbocycles. The molecule has 0 radical (unpaired) electrons. The maximum absolute atomic E-state index is 12.3. The first-order valence-corrected chi connectivity index (χ1v) is 9.33. The van der Waals surface area contributed by atoms with Crippen LogP contribution in [-0.4, -0.2) is 18.1 Å². The minimum atomic E-state index is 0.225. The molecule has 4 heteroatoms. The molecular weight excluding hydrogens is 292 g/mol. The highest BCUT2D eigenvalue weighted by molar-refractivity contribution is 8.00. The topological polar surface area (TPSA) is 46.3 Å². The van der Waals surface area contributed by atoms with Gasteiger partial charge in [-0.2, -0.15) is 0 Å². The number of carbonyl (C=O) groups excluding carboxylic acids is 1. The van der Waals surface area contributed by atoms with Crippen molar-refractivity contribution in [2.45, 2.75) is 52.9 Å². The molecule has 0 atom stereocenters. The zero-order valence-electron chi connectivity index (χ0n) is 14.0. The molecule has 0 bridgehead atoms. The Morgan fingerprint density at radius 2 is 2.18 bits per heavy atom. The minimum absolute atomic E-state index is 0.225. The number of benzene rings is 1. The second-order valence-corrected chi connectivity index (χ2v) is 7.53. The highest BCUT2D eigenvalue weighted by Crippen LogP contribution is 2.38. The van der Waals surface area contributed by atoms with Gasteiger partial charge in [-0.05, 0) is 54.8 Å². The van der Waals surface area contributed by atoms with Crippen molar-refractivity contribution in [2.24, 2.45) is 5.92 Å². The zero-order chi connectivity index (χ0) is 16.1. The van der Waals surface area contributed by atoms with E-state index in [1.807, 2.05) is 18.0 Å². The number of fused-ring (bicyclic) bond motifs is 1. The first kappa shape index (κ1) is 17.2. The maximum Gasteiger partial charge on any atom is 0.162 e. The van der Waals surface area contributed by atoms with Crippen molar-refractivity contribution < 1.29 is 4.79 Å². The summed E-state index contributed by atoms with van der Waals surface area (Å²) in [4.78, 5) is 12.3. The Bertz CT molecular complexity index is 528. The van der Waals surface area contributed by atoms with Crippen LogP contribution in [-0.2, 0) is 6.42 Å². The van der Waals surface area contributed by atoms with Crippen LogP contribution in [0, 0.1) is 5.92 Å². The van der Waals surface area contributed by atoms with Gasteiger partial charge < -0.3 is 10.0 Å². The fraction of sp³-hybridized carbons (Fsp3) is 0.611. The van der Waals surface area contributed by atoms with Gasteiger partial charge in [0, 0.05) is 24.3 Å². The number of nitrogens with zero attached hydrogens (tertiary/aromatic N) is 1. The first-order chi connectivity index (χ1) is 10.5. The van der Waals surface area contributed by atoms with Crippen LogP contribution in [0.15, 0.2) is 12.1 Å². The quantitative estimate of drug-likeness (QED) is 0.449.